The molecule has 250 valence electrons. The van der Waals surface area contributed by atoms with Gasteiger partial charge >= 0.3 is 0 Å². The summed E-state index contributed by atoms with van der Waals surface area (Å²) in [5.74, 6) is 3.59. The van der Waals surface area contributed by atoms with E-state index in [0.29, 0.717) is 6.54 Å². The summed E-state index contributed by atoms with van der Waals surface area (Å²) in [5, 5.41) is 1.08. The van der Waals surface area contributed by atoms with E-state index in [0.717, 1.165) is 96.4 Å². The van der Waals surface area contributed by atoms with E-state index in [4.69, 9.17) is 19.4 Å². The first-order chi connectivity index (χ1) is 24.1. The third-order valence-electron chi connectivity index (χ3n) is 9.25. The third-order valence-corrected chi connectivity index (χ3v) is 9.25. The Balaban J connectivity index is 1.31. The molecule has 0 atom stereocenters. The predicted molar refractivity (Wildman–Crippen MR) is 197 cm³/mol. The molecule has 0 spiro atoms. The molecule has 1 aliphatic rings. The number of benzene rings is 4. The Bertz CT molecular complexity index is 2010. The van der Waals surface area contributed by atoms with Crippen molar-refractivity contribution in [3.05, 3.63) is 120 Å². The molecule has 4 aromatic carbocycles. The van der Waals surface area contributed by atoms with Crippen LogP contribution in [0.15, 0.2) is 103 Å². The van der Waals surface area contributed by atoms with Crippen LogP contribution in [0.25, 0.3) is 33.5 Å². The molecular weight excluding hydrogens is 608 g/mol. The maximum atomic E-state index is 5.77. The van der Waals surface area contributed by atoms with Crippen LogP contribution in [0.1, 0.15) is 50.4 Å². The van der Waals surface area contributed by atoms with Gasteiger partial charge in [0.25, 0.3) is 0 Å². The Morgan fingerprint density at radius 1 is 0.714 bits per heavy atom. The predicted octanol–water partition coefficient (Wildman–Crippen LogP) is 8.74. The molecular formula is C41H44N6O2. The Morgan fingerprint density at radius 3 is 2.14 bits per heavy atom. The van der Waals surface area contributed by atoms with Crippen LogP contribution < -0.4 is 14.4 Å². The van der Waals surface area contributed by atoms with Crippen molar-refractivity contribution >= 4 is 16.7 Å². The molecule has 6 aromatic rings. The lowest BCUT2D eigenvalue weighted by Gasteiger charge is -2.25. The normalized spacial score (nSPS) is 12.2. The van der Waals surface area contributed by atoms with Gasteiger partial charge in [0.05, 0.1) is 16.9 Å². The maximum absolute atomic E-state index is 5.77. The number of rotatable bonds is 14. The summed E-state index contributed by atoms with van der Waals surface area (Å²) >= 11 is 0. The summed E-state index contributed by atoms with van der Waals surface area (Å²) < 4.78 is 13.9. The highest BCUT2D eigenvalue weighted by Crippen LogP contribution is 2.35. The highest BCUT2D eigenvalue weighted by Gasteiger charge is 2.23. The summed E-state index contributed by atoms with van der Waals surface area (Å²) in [6.07, 6.45) is 3.86. The second kappa shape index (κ2) is 14.9. The molecule has 0 radical (unpaired) electrons. The molecule has 8 heteroatoms. The zero-order chi connectivity index (χ0) is 33.6. The van der Waals surface area contributed by atoms with E-state index in [1.165, 1.54) is 16.8 Å². The second-order valence-electron chi connectivity index (χ2n) is 12.5. The lowest BCUT2D eigenvalue weighted by Crippen LogP contribution is -2.25. The van der Waals surface area contributed by atoms with Crippen molar-refractivity contribution in [1.29, 1.82) is 0 Å². The molecule has 0 saturated heterocycles. The fraction of sp³-hybridized carbons (Fsp3) is 0.293. The standard InChI is InChI=1S/C41H44N6O2/c1-4-7-22-47-36(39(32-14-10-8-11-15-32)44-40(47)33-16-12-9-13-17-33)27-45(26-31-19-21-37-38(24-31)49-29-48-37)25-30-18-20-34-35(23-30)42-28-43-41(34)46(5-2)6-3/h8-21,23-24,28H,4-7,22,25-27,29H2,1-3H3. The fourth-order valence-corrected chi connectivity index (χ4v) is 6.74. The highest BCUT2D eigenvalue weighted by molar-refractivity contribution is 5.89. The molecule has 2 aromatic heterocycles. The zero-order valence-corrected chi connectivity index (χ0v) is 28.7. The molecule has 7 rings (SSSR count). The molecule has 1 aliphatic heterocycles. The highest BCUT2D eigenvalue weighted by atomic mass is 16.7. The molecule has 0 N–H and O–H groups in total. The summed E-state index contributed by atoms with van der Waals surface area (Å²) in [7, 11) is 0. The van der Waals surface area contributed by atoms with Crippen molar-refractivity contribution in [3.8, 4) is 34.1 Å². The number of aromatic nitrogens is 4. The number of hydrogen-bond donors (Lipinski definition) is 0. The van der Waals surface area contributed by atoms with Gasteiger partial charge in [-0.3, -0.25) is 4.90 Å². The van der Waals surface area contributed by atoms with Gasteiger partial charge in [-0.2, -0.15) is 0 Å². The zero-order valence-electron chi connectivity index (χ0n) is 28.7. The van der Waals surface area contributed by atoms with E-state index < -0.39 is 0 Å². The number of fused-ring (bicyclic) bond motifs is 2. The summed E-state index contributed by atoms with van der Waals surface area (Å²) in [5.41, 5.74) is 7.82. The Labute approximate surface area is 289 Å². The molecule has 0 unspecified atom stereocenters. The van der Waals surface area contributed by atoms with E-state index in [2.05, 4.69) is 131 Å². The average molecular weight is 653 g/mol. The van der Waals surface area contributed by atoms with Gasteiger partial charge in [0, 0.05) is 55.8 Å². The first-order valence-electron chi connectivity index (χ1n) is 17.4. The van der Waals surface area contributed by atoms with Gasteiger partial charge < -0.3 is 18.9 Å². The van der Waals surface area contributed by atoms with Gasteiger partial charge in [0.15, 0.2) is 11.5 Å². The third kappa shape index (κ3) is 7.01. The van der Waals surface area contributed by atoms with Crippen molar-refractivity contribution in [1.82, 2.24) is 24.4 Å². The first kappa shape index (κ1) is 32.3. The van der Waals surface area contributed by atoms with Gasteiger partial charge in [-0.25, -0.2) is 15.0 Å². The van der Waals surface area contributed by atoms with Crippen LogP contribution in [0.5, 0.6) is 11.5 Å². The second-order valence-corrected chi connectivity index (χ2v) is 12.5. The lowest BCUT2D eigenvalue weighted by molar-refractivity contribution is 0.174. The van der Waals surface area contributed by atoms with Crippen LogP contribution >= 0.6 is 0 Å². The van der Waals surface area contributed by atoms with Crippen molar-refractivity contribution in [2.75, 3.05) is 24.8 Å². The topological polar surface area (TPSA) is 68.5 Å². The number of nitrogens with zero attached hydrogens (tertiary/aromatic N) is 6. The fourth-order valence-electron chi connectivity index (χ4n) is 6.74. The Morgan fingerprint density at radius 2 is 1.41 bits per heavy atom. The molecule has 0 saturated carbocycles. The van der Waals surface area contributed by atoms with Crippen LogP contribution in [-0.2, 0) is 26.2 Å². The maximum Gasteiger partial charge on any atom is 0.231 e. The molecule has 8 nitrogen and oxygen atoms in total. The minimum absolute atomic E-state index is 0.260. The van der Waals surface area contributed by atoms with Gasteiger partial charge in [0.1, 0.15) is 18.0 Å². The van der Waals surface area contributed by atoms with Gasteiger partial charge in [0.2, 0.25) is 6.79 Å². The summed E-state index contributed by atoms with van der Waals surface area (Å²) in [6, 6.07) is 34.1. The Kier molecular flexibility index (Phi) is 9.84. The molecule has 49 heavy (non-hydrogen) atoms. The monoisotopic (exact) mass is 652 g/mol. The summed E-state index contributed by atoms with van der Waals surface area (Å²) in [6.45, 7) is 11.7. The van der Waals surface area contributed by atoms with Crippen LogP contribution in [0.3, 0.4) is 0 Å². The molecule has 3 heterocycles. The number of ether oxygens (including phenoxy) is 2. The van der Waals surface area contributed by atoms with E-state index in [-0.39, 0.29) is 6.79 Å². The molecule has 0 aliphatic carbocycles. The smallest absolute Gasteiger partial charge is 0.231 e. The van der Waals surface area contributed by atoms with Crippen LogP contribution in [0.4, 0.5) is 5.82 Å². The summed E-state index contributed by atoms with van der Waals surface area (Å²) in [4.78, 5) is 19.5. The number of unbranched alkanes of at least 4 members (excludes halogenated alkanes) is 1. The number of hydrogen-bond acceptors (Lipinski definition) is 7. The minimum Gasteiger partial charge on any atom is -0.454 e. The number of anilines is 1. The molecule has 0 fully saturated rings. The van der Waals surface area contributed by atoms with Gasteiger partial charge in [-0.1, -0.05) is 86.1 Å². The van der Waals surface area contributed by atoms with Crippen molar-refractivity contribution < 1.29 is 9.47 Å². The van der Waals surface area contributed by atoms with Gasteiger partial charge in [-0.15, -0.1) is 0 Å². The van der Waals surface area contributed by atoms with E-state index in [1.807, 2.05) is 6.07 Å². The van der Waals surface area contributed by atoms with Crippen LogP contribution in [0, 0.1) is 0 Å². The quantitative estimate of drug-likeness (QED) is 0.117. The van der Waals surface area contributed by atoms with E-state index in [1.54, 1.807) is 6.33 Å². The SMILES string of the molecule is CCCCn1c(-c2ccccc2)nc(-c2ccccc2)c1CN(Cc1ccc2c(c1)OCO2)Cc1ccc2c(N(CC)CC)ncnc2c1. The van der Waals surface area contributed by atoms with E-state index >= 15 is 0 Å². The van der Waals surface area contributed by atoms with Crippen molar-refractivity contribution in [3.63, 3.8) is 0 Å². The lowest BCUT2D eigenvalue weighted by atomic mass is 10.1. The van der Waals surface area contributed by atoms with E-state index in [9.17, 15) is 0 Å². The average Bonchev–Trinajstić information content (AvgIpc) is 3.76. The minimum atomic E-state index is 0.260. The van der Waals surface area contributed by atoms with Crippen molar-refractivity contribution in [2.45, 2.75) is 59.8 Å². The number of imidazole rings is 1. The van der Waals surface area contributed by atoms with Crippen molar-refractivity contribution in [2.24, 2.45) is 0 Å². The van der Waals surface area contributed by atoms with Gasteiger partial charge in [-0.05, 0) is 55.7 Å². The van der Waals surface area contributed by atoms with Crippen LogP contribution in [0.2, 0.25) is 0 Å². The Hall–Kier alpha value is -5.21. The largest absolute Gasteiger partial charge is 0.454 e. The van der Waals surface area contributed by atoms with Crippen LogP contribution in [-0.4, -0.2) is 44.3 Å². The molecule has 0 bridgehead atoms. The first-order valence-corrected chi connectivity index (χ1v) is 17.4. The molecule has 0 amide bonds.